The van der Waals surface area contributed by atoms with Gasteiger partial charge in [-0.25, -0.2) is 0 Å². The van der Waals surface area contributed by atoms with Crippen LogP contribution in [0.1, 0.15) is 5.56 Å². The van der Waals surface area contributed by atoms with Crippen molar-refractivity contribution in [3.63, 3.8) is 0 Å². The van der Waals surface area contributed by atoms with Crippen molar-refractivity contribution in [3.8, 4) is 28.7 Å². The molecular weight excluding hydrogens is 520 g/mol. The second-order valence-electron chi connectivity index (χ2n) is 7.06. The number of nitrogens with zero attached hydrogens (tertiary/aromatic N) is 2. The van der Waals surface area contributed by atoms with Crippen LogP contribution in [0.4, 0.5) is 10.8 Å². The number of carbonyl (C=O) groups is 2. The largest absolute Gasteiger partial charge is 0.493 e. The first-order chi connectivity index (χ1) is 17.9. The third kappa shape index (κ3) is 7.51. The van der Waals surface area contributed by atoms with Crippen molar-refractivity contribution in [1.82, 2.24) is 10.2 Å². The van der Waals surface area contributed by atoms with E-state index in [9.17, 15) is 9.59 Å². The zero-order valence-corrected chi connectivity index (χ0v) is 22.5. The first-order valence-corrected chi connectivity index (χ1v) is 12.5. The highest BCUT2D eigenvalue weighted by Gasteiger charge is 2.13. The molecule has 0 saturated carbocycles. The van der Waals surface area contributed by atoms with Gasteiger partial charge in [-0.1, -0.05) is 23.1 Å². The molecule has 0 saturated heterocycles. The van der Waals surface area contributed by atoms with Crippen molar-refractivity contribution < 1.29 is 33.3 Å². The Morgan fingerprint density at radius 3 is 2.16 bits per heavy atom. The van der Waals surface area contributed by atoms with Crippen molar-refractivity contribution >= 4 is 51.8 Å². The Kier molecular flexibility index (Phi) is 9.98. The van der Waals surface area contributed by atoms with Gasteiger partial charge in [0.2, 0.25) is 22.7 Å². The number of amides is 2. The van der Waals surface area contributed by atoms with Crippen LogP contribution in [0.25, 0.3) is 6.08 Å². The van der Waals surface area contributed by atoms with Gasteiger partial charge in [-0.15, -0.1) is 10.2 Å². The normalized spacial score (nSPS) is 10.6. The summed E-state index contributed by atoms with van der Waals surface area (Å²) in [6.45, 7) is 0. The second-order valence-corrected chi connectivity index (χ2v) is 9.26. The molecule has 0 unspecified atom stereocenters. The molecule has 2 N–H and O–H groups in total. The standard InChI is InChI=1S/C24H26N4O7S2/c1-31-16-8-7-15(12-17(16)32-2)25-21(30)13-36-24-28-27-23(37-24)26-20(29)9-6-14-10-18(33-3)22(35-5)19(11-14)34-4/h6-12H,13H2,1-5H3,(H,25,30)(H,26,27,29)/b9-6+. The minimum absolute atomic E-state index is 0.109. The molecule has 0 radical (unpaired) electrons. The van der Waals surface area contributed by atoms with E-state index < -0.39 is 5.91 Å². The Hall–Kier alpha value is -3.97. The fraction of sp³-hybridized carbons (Fsp3) is 0.250. The number of ether oxygens (including phenoxy) is 5. The maximum absolute atomic E-state index is 12.4. The number of anilines is 2. The first-order valence-electron chi connectivity index (χ1n) is 10.7. The van der Waals surface area contributed by atoms with E-state index in [1.165, 1.54) is 53.4 Å². The summed E-state index contributed by atoms with van der Waals surface area (Å²) < 4.78 is 26.9. The van der Waals surface area contributed by atoms with Crippen LogP contribution in [0.2, 0.25) is 0 Å². The predicted molar refractivity (Wildman–Crippen MR) is 143 cm³/mol. The lowest BCUT2D eigenvalue weighted by atomic mass is 10.1. The van der Waals surface area contributed by atoms with E-state index in [-0.39, 0.29) is 11.7 Å². The smallest absolute Gasteiger partial charge is 0.250 e. The van der Waals surface area contributed by atoms with Crippen LogP contribution in [-0.2, 0) is 9.59 Å². The molecule has 2 amide bonds. The molecule has 0 aliphatic heterocycles. The summed E-state index contributed by atoms with van der Waals surface area (Å²) in [5, 5.41) is 13.7. The van der Waals surface area contributed by atoms with E-state index in [1.807, 2.05) is 0 Å². The average molecular weight is 547 g/mol. The van der Waals surface area contributed by atoms with Crippen LogP contribution in [0.3, 0.4) is 0 Å². The predicted octanol–water partition coefficient (Wildman–Crippen LogP) is 3.96. The third-order valence-electron chi connectivity index (χ3n) is 4.74. The van der Waals surface area contributed by atoms with Crippen molar-refractivity contribution in [1.29, 1.82) is 0 Å². The number of hydrogen-bond acceptors (Lipinski definition) is 11. The van der Waals surface area contributed by atoms with Crippen LogP contribution >= 0.6 is 23.1 Å². The number of hydrogen-bond donors (Lipinski definition) is 2. The summed E-state index contributed by atoms with van der Waals surface area (Å²) in [7, 11) is 7.61. The number of aromatic nitrogens is 2. The summed E-state index contributed by atoms with van der Waals surface area (Å²) in [4.78, 5) is 24.7. The van der Waals surface area contributed by atoms with Crippen LogP contribution < -0.4 is 34.3 Å². The van der Waals surface area contributed by atoms with Gasteiger partial charge in [0.1, 0.15) is 0 Å². The maximum Gasteiger partial charge on any atom is 0.250 e. The quantitative estimate of drug-likeness (QED) is 0.196. The molecule has 0 spiro atoms. The van der Waals surface area contributed by atoms with Crippen LogP contribution in [-0.4, -0.2) is 63.3 Å². The first kappa shape index (κ1) is 27.6. The third-order valence-corrected chi connectivity index (χ3v) is 6.72. The van der Waals surface area contributed by atoms with Gasteiger partial charge in [-0.3, -0.25) is 14.9 Å². The summed E-state index contributed by atoms with van der Waals surface area (Å²) in [5.74, 6) is 1.97. The van der Waals surface area contributed by atoms with Gasteiger partial charge in [0.05, 0.1) is 41.3 Å². The average Bonchev–Trinajstić information content (AvgIpc) is 3.36. The van der Waals surface area contributed by atoms with Crippen molar-refractivity contribution in [2.45, 2.75) is 4.34 Å². The van der Waals surface area contributed by atoms with Gasteiger partial charge in [-0.05, 0) is 35.9 Å². The van der Waals surface area contributed by atoms with Gasteiger partial charge in [0.25, 0.3) is 0 Å². The van der Waals surface area contributed by atoms with Gasteiger partial charge in [-0.2, -0.15) is 0 Å². The molecule has 37 heavy (non-hydrogen) atoms. The van der Waals surface area contributed by atoms with Crippen LogP contribution in [0, 0.1) is 0 Å². The summed E-state index contributed by atoms with van der Waals surface area (Å²) in [5.41, 5.74) is 1.26. The Morgan fingerprint density at radius 2 is 1.54 bits per heavy atom. The number of nitrogens with one attached hydrogen (secondary N) is 2. The topological polar surface area (TPSA) is 130 Å². The molecule has 0 aliphatic carbocycles. The number of rotatable bonds is 12. The fourth-order valence-electron chi connectivity index (χ4n) is 3.07. The lowest BCUT2D eigenvalue weighted by Crippen LogP contribution is -2.14. The van der Waals surface area contributed by atoms with E-state index in [2.05, 4.69) is 20.8 Å². The number of methoxy groups -OCH3 is 5. The van der Waals surface area contributed by atoms with E-state index in [0.29, 0.717) is 49.5 Å². The molecule has 13 heteroatoms. The molecule has 0 fully saturated rings. The molecule has 196 valence electrons. The number of carbonyl (C=O) groups excluding carboxylic acids is 2. The monoisotopic (exact) mass is 546 g/mol. The molecule has 11 nitrogen and oxygen atoms in total. The van der Waals surface area contributed by atoms with Gasteiger partial charge in [0.15, 0.2) is 27.3 Å². The summed E-state index contributed by atoms with van der Waals surface area (Å²) in [6, 6.07) is 8.53. The van der Waals surface area contributed by atoms with E-state index in [4.69, 9.17) is 23.7 Å². The molecule has 0 bridgehead atoms. The zero-order valence-electron chi connectivity index (χ0n) is 20.8. The molecule has 2 aromatic carbocycles. The zero-order chi connectivity index (χ0) is 26.8. The van der Waals surface area contributed by atoms with Crippen LogP contribution in [0.15, 0.2) is 40.7 Å². The fourth-order valence-corrected chi connectivity index (χ4v) is 4.63. The molecule has 0 atom stereocenters. The molecule has 1 aromatic heterocycles. The van der Waals surface area contributed by atoms with Gasteiger partial charge < -0.3 is 29.0 Å². The number of benzene rings is 2. The SMILES string of the molecule is COc1ccc(NC(=O)CSc2nnc(NC(=O)/C=C/c3cc(OC)c(OC)c(OC)c3)s2)cc1OC. The highest BCUT2D eigenvalue weighted by molar-refractivity contribution is 8.01. The molecule has 3 rings (SSSR count). The lowest BCUT2D eigenvalue weighted by molar-refractivity contribution is -0.114. The molecule has 1 heterocycles. The summed E-state index contributed by atoms with van der Waals surface area (Å²) in [6.07, 6.45) is 2.96. The van der Waals surface area contributed by atoms with Crippen molar-refractivity contribution in [3.05, 3.63) is 42.0 Å². The molecule has 3 aromatic rings. The maximum atomic E-state index is 12.4. The Balaban J connectivity index is 1.53. The minimum atomic E-state index is -0.396. The van der Waals surface area contributed by atoms with Crippen molar-refractivity contribution in [2.24, 2.45) is 0 Å². The van der Waals surface area contributed by atoms with Gasteiger partial charge >= 0.3 is 0 Å². The Labute approximate surface area is 222 Å². The van der Waals surface area contributed by atoms with Crippen LogP contribution in [0.5, 0.6) is 28.7 Å². The lowest BCUT2D eigenvalue weighted by Gasteiger charge is -2.12. The number of thioether (sulfide) groups is 1. The highest BCUT2D eigenvalue weighted by atomic mass is 32.2. The van der Waals surface area contributed by atoms with E-state index >= 15 is 0 Å². The van der Waals surface area contributed by atoms with E-state index in [0.717, 1.165) is 11.3 Å². The highest BCUT2D eigenvalue weighted by Crippen LogP contribution is 2.38. The second kappa shape index (κ2) is 13.4. The molecular formula is C24H26N4O7S2. The van der Waals surface area contributed by atoms with Gasteiger partial charge in [0, 0.05) is 17.8 Å². The van der Waals surface area contributed by atoms with E-state index in [1.54, 1.807) is 36.4 Å². The molecule has 0 aliphatic rings. The summed E-state index contributed by atoms with van der Waals surface area (Å²) >= 11 is 2.36. The Morgan fingerprint density at radius 1 is 0.865 bits per heavy atom. The van der Waals surface area contributed by atoms with Crippen molar-refractivity contribution in [2.75, 3.05) is 51.9 Å². The minimum Gasteiger partial charge on any atom is -0.493 e. The Bertz CT molecular complexity index is 1250.